The van der Waals surface area contributed by atoms with E-state index in [9.17, 15) is 9.90 Å². The van der Waals surface area contributed by atoms with Gasteiger partial charge in [-0.15, -0.1) is 0 Å². The van der Waals surface area contributed by atoms with Gasteiger partial charge in [-0.1, -0.05) is 175 Å². The molecule has 1 N–H and O–H groups in total. The van der Waals surface area contributed by atoms with Crippen molar-refractivity contribution in [2.24, 2.45) is 10.8 Å². The van der Waals surface area contributed by atoms with E-state index in [-0.39, 0.29) is 11.3 Å². The minimum absolute atomic E-state index is 0.323. The first-order valence-corrected chi connectivity index (χ1v) is 15.9. The van der Waals surface area contributed by atoms with Gasteiger partial charge in [-0.05, 0) is 17.4 Å². The average molecular weight is 531 g/mol. The molecule has 2 unspecified atom stereocenters. The maximum Gasteiger partial charge on any atom is 0.339 e. The minimum Gasteiger partial charge on any atom is -0.464 e. The Balaban J connectivity index is 2.32. The summed E-state index contributed by atoms with van der Waals surface area (Å²) in [6, 6.07) is 9.93. The average Bonchev–Trinajstić information content (AvgIpc) is 2.84. The summed E-state index contributed by atoms with van der Waals surface area (Å²) in [6.07, 6.45) is 21.0. The zero-order valence-electron chi connectivity index (χ0n) is 26.2. The Labute approximate surface area is 236 Å². The summed E-state index contributed by atoms with van der Waals surface area (Å²) in [6.45, 7) is 14.7. The van der Waals surface area contributed by atoms with E-state index in [2.05, 4.69) is 27.7 Å². The second-order valence-electron chi connectivity index (χ2n) is 13.7. The van der Waals surface area contributed by atoms with Crippen molar-refractivity contribution in [3.05, 3.63) is 35.9 Å². The van der Waals surface area contributed by atoms with Crippen LogP contribution < -0.4 is 0 Å². The number of ether oxygens (including phenoxy) is 1. The van der Waals surface area contributed by atoms with Gasteiger partial charge in [0.1, 0.15) is 0 Å². The largest absolute Gasteiger partial charge is 0.464 e. The van der Waals surface area contributed by atoms with E-state index in [1.54, 1.807) is 0 Å². The van der Waals surface area contributed by atoms with Gasteiger partial charge in [-0.2, -0.15) is 0 Å². The van der Waals surface area contributed by atoms with Crippen molar-refractivity contribution in [1.29, 1.82) is 0 Å². The number of rotatable bonds is 20. The molecule has 0 aliphatic carbocycles. The number of hydrogen-bond acceptors (Lipinski definition) is 3. The maximum atomic E-state index is 13.5. The van der Waals surface area contributed by atoms with Gasteiger partial charge in [0.2, 0.25) is 0 Å². The molecule has 0 spiro atoms. The first kappa shape index (κ1) is 34.7. The van der Waals surface area contributed by atoms with Crippen molar-refractivity contribution in [3.8, 4) is 0 Å². The molecule has 0 fully saturated rings. The molecule has 220 valence electrons. The lowest BCUT2D eigenvalue weighted by atomic mass is 9.59. The Morgan fingerprint density at radius 1 is 0.684 bits per heavy atom. The van der Waals surface area contributed by atoms with Crippen molar-refractivity contribution in [1.82, 2.24) is 0 Å². The molecule has 0 aromatic heterocycles. The predicted octanol–water partition coefficient (Wildman–Crippen LogP) is 10.4. The molecule has 0 saturated heterocycles. The van der Waals surface area contributed by atoms with Crippen molar-refractivity contribution < 1.29 is 14.6 Å². The van der Waals surface area contributed by atoms with Gasteiger partial charge in [-0.3, -0.25) is 0 Å². The number of carbonyl (C=O) groups is 1. The summed E-state index contributed by atoms with van der Waals surface area (Å²) >= 11 is 0. The van der Waals surface area contributed by atoms with Crippen molar-refractivity contribution in [2.75, 3.05) is 6.61 Å². The summed E-state index contributed by atoms with van der Waals surface area (Å²) in [5, 5.41) is 12.0. The molecule has 0 aliphatic heterocycles. The van der Waals surface area contributed by atoms with Crippen LogP contribution in [0.25, 0.3) is 0 Å². The number of benzene rings is 1. The van der Waals surface area contributed by atoms with Crippen LogP contribution in [-0.4, -0.2) is 23.3 Å². The highest BCUT2D eigenvalue weighted by Crippen LogP contribution is 2.51. The highest BCUT2D eigenvalue weighted by molar-refractivity contribution is 5.82. The zero-order valence-corrected chi connectivity index (χ0v) is 26.2. The molecule has 0 saturated carbocycles. The van der Waals surface area contributed by atoms with Gasteiger partial charge in [0.25, 0.3) is 0 Å². The Kier molecular flexibility index (Phi) is 16.5. The molecule has 2 atom stereocenters. The monoisotopic (exact) mass is 530 g/mol. The fourth-order valence-electron chi connectivity index (χ4n) is 5.80. The van der Waals surface area contributed by atoms with Crippen LogP contribution in [0.15, 0.2) is 30.3 Å². The number of hydrogen-bond donors (Lipinski definition) is 1. The molecule has 38 heavy (non-hydrogen) atoms. The van der Waals surface area contributed by atoms with E-state index in [1.165, 1.54) is 89.9 Å². The fourth-order valence-corrected chi connectivity index (χ4v) is 5.80. The molecule has 3 nitrogen and oxygen atoms in total. The van der Waals surface area contributed by atoms with Crippen molar-refractivity contribution in [3.63, 3.8) is 0 Å². The van der Waals surface area contributed by atoms with Gasteiger partial charge < -0.3 is 9.84 Å². The van der Waals surface area contributed by atoms with E-state index >= 15 is 0 Å². The standard InChI is InChI=1S/C35H62O3/c1-8-9-10-11-12-13-14-15-16-17-18-19-20-21-22-26-29-38-32(36)35(37,34(5,6)7)31(33(2,3)4)30-27-24-23-25-28-30/h23-25,27-28,31,37H,8-22,26,29H2,1-7H3. The van der Waals surface area contributed by atoms with Gasteiger partial charge in [0.05, 0.1) is 6.61 Å². The van der Waals surface area contributed by atoms with Crippen LogP contribution in [0.4, 0.5) is 0 Å². The molecule has 0 amide bonds. The third-order valence-corrected chi connectivity index (χ3v) is 8.10. The molecular weight excluding hydrogens is 468 g/mol. The van der Waals surface area contributed by atoms with Crippen LogP contribution in [0, 0.1) is 10.8 Å². The number of carbonyl (C=O) groups excluding carboxylic acids is 1. The molecule has 1 rings (SSSR count). The lowest BCUT2D eigenvalue weighted by Crippen LogP contribution is -2.58. The summed E-state index contributed by atoms with van der Waals surface area (Å²) in [5.74, 6) is -0.871. The van der Waals surface area contributed by atoms with Crippen LogP contribution in [0.3, 0.4) is 0 Å². The second kappa shape index (κ2) is 18.1. The van der Waals surface area contributed by atoms with Crippen molar-refractivity contribution >= 4 is 5.97 Å². The summed E-state index contributed by atoms with van der Waals surface area (Å²) < 4.78 is 5.76. The molecule has 0 heterocycles. The Bertz CT molecular complexity index is 728. The normalized spacial score (nSPS) is 14.7. The Morgan fingerprint density at radius 2 is 1.08 bits per heavy atom. The van der Waals surface area contributed by atoms with Crippen LogP contribution in [0.1, 0.15) is 163 Å². The quantitative estimate of drug-likeness (QED) is 0.135. The molecular formula is C35H62O3. The molecule has 0 bridgehead atoms. The van der Waals surface area contributed by atoms with E-state index < -0.39 is 17.0 Å². The van der Waals surface area contributed by atoms with Crippen LogP contribution >= 0.6 is 0 Å². The minimum atomic E-state index is -1.62. The first-order valence-electron chi connectivity index (χ1n) is 15.9. The SMILES string of the molecule is CCCCCCCCCCCCCCCCCCOC(=O)C(O)(C(c1ccccc1)C(C)(C)C)C(C)(C)C. The lowest BCUT2D eigenvalue weighted by Gasteiger charge is -2.48. The van der Waals surface area contributed by atoms with Crippen LogP contribution in [0.5, 0.6) is 0 Å². The van der Waals surface area contributed by atoms with Gasteiger partial charge in [0, 0.05) is 11.3 Å². The number of aliphatic hydroxyl groups is 1. The van der Waals surface area contributed by atoms with Crippen molar-refractivity contribution in [2.45, 2.75) is 163 Å². The Hall–Kier alpha value is -1.35. The van der Waals surface area contributed by atoms with Gasteiger partial charge in [0.15, 0.2) is 5.60 Å². The van der Waals surface area contributed by atoms with E-state index in [0.717, 1.165) is 18.4 Å². The number of esters is 1. The molecule has 1 aromatic carbocycles. The van der Waals surface area contributed by atoms with Gasteiger partial charge >= 0.3 is 5.97 Å². The second-order valence-corrected chi connectivity index (χ2v) is 13.7. The lowest BCUT2D eigenvalue weighted by molar-refractivity contribution is -0.188. The molecule has 0 radical (unpaired) electrons. The molecule has 0 aliphatic rings. The van der Waals surface area contributed by atoms with Crippen LogP contribution in [-0.2, 0) is 9.53 Å². The smallest absolute Gasteiger partial charge is 0.339 e. The third-order valence-electron chi connectivity index (χ3n) is 8.10. The highest BCUT2D eigenvalue weighted by Gasteiger charge is 2.57. The maximum absolute atomic E-state index is 13.5. The zero-order chi connectivity index (χ0) is 28.5. The van der Waals surface area contributed by atoms with E-state index in [1.807, 2.05) is 51.1 Å². The number of unbranched alkanes of at least 4 members (excludes halogenated alkanes) is 15. The summed E-state index contributed by atoms with van der Waals surface area (Å²) in [7, 11) is 0. The summed E-state index contributed by atoms with van der Waals surface area (Å²) in [4.78, 5) is 13.5. The molecule has 1 aromatic rings. The molecule has 3 heteroatoms. The highest BCUT2D eigenvalue weighted by atomic mass is 16.5. The predicted molar refractivity (Wildman–Crippen MR) is 164 cm³/mol. The fraction of sp³-hybridized carbons (Fsp3) is 0.800. The third kappa shape index (κ3) is 12.2. The first-order chi connectivity index (χ1) is 18.0. The van der Waals surface area contributed by atoms with Gasteiger partial charge in [-0.25, -0.2) is 4.79 Å². The topological polar surface area (TPSA) is 46.5 Å². The van der Waals surface area contributed by atoms with E-state index in [4.69, 9.17) is 4.74 Å². The van der Waals surface area contributed by atoms with E-state index in [0.29, 0.717) is 6.61 Å². The summed E-state index contributed by atoms with van der Waals surface area (Å²) in [5.41, 5.74) is -1.65. The Morgan fingerprint density at radius 3 is 1.45 bits per heavy atom. The van der Waals surface area contributed by atoms with Crippen LogP contribution in [0.2, 0.25) is 0 Å².